The summed E-state index contributed by atoms with van der Waals surface area (Å²) in [4.78, 5) is 4.78. The highest BCUT2D eigenvalue weighted by Crippen LogP contribution is 2.02. The third kappa shape index (κ3) is 1.37. The van der Waals surface area contributed by atoms with Gasteiger partial charge in [-0.1, -0.05) is 5.16 Å². The number of halogens is 1. The van der Waals surface area contributed by atoms with E-state index in [-0.39, 0.29) is 0 Å². The van der Waals surface area contributed by atoms with Gasteiger partial charge in [0.05, 0.1) is 11.6 Å². The van der Waals surface area contributed by atoms with Crippen molar-refractivity contribution in [3.05, 3.63) is 0 Å². The van der Waals surface area contributed by atoms with Crippen molar-refractivity contribution in [1.82, 2.24) is 0 Å². The first-order valence-electron chi connectivity index (χ1n) is 2.67. The zero-order valence-electron chi connectivity index (χ0n) is 4.56. The molecule has 3 heteroatoms. The van der Waals surface area contributed by atoms with Gasteiger partial charge in [-0.05, 0) is 12.8 Å². The monoisotopic (exact) mass is 133 g/mol. The predicted molar refractivity (Wildman–Crippen MR) is 33.3 cm³/mol. The van der Waals surface area contributed by atoms with E-state index in [0.717, 1.165) is 25.2 Å². The minimum atomic E-state index is 0.514. The number of oxime groups is 1. The molecule has 0 unspecified atom stereocenters. The first-order chi connectivity index (χ1) is 3.93. The highest BCUT2D eigenvalue weighted by Gasteiger charge is 2.02. The van der Waals surface area contributed by atoms with E-state index in [0.29, 0.717) is 5.88 Å². The van der Waals surface area contributed by atoms with Crippen LogP contribution in [-0.2, 0) is 4.84 Å². The fraction of sp³-hybridized carbons (Fsp3) is 0.800. The van der Waals surface area contributed by atoms with E-state index >= 15 is 0 Å². The molecule has 1 aliphatic rings. The molecule has 1 heterocycles. The van der Waals surface area contributed by atoms with Crippen LogP contribution in [0.4, 0.5) is 0 Å². The maximum Gasteiger partial charge on any atom is 0.117 e. The quantitative estimate of drug-likeness (QED) is 0.496. The van der Waals surface area contributed by atoms with Crippen LogP contribution >= 0.6 is 11.6 Å². The van der Waals surface area contributed by atoms with E-state index < -0.39 is 0 Å². The van der Waals surface area contributed by atoms with E-state index in [1.165, 1.54) is 0 Å². The molecular formula is C5H8ClNO. The van der Waals surface area contributed by atoms with Gasteiger partial charge >= 0.3 is 0 Å². The summed E-state index contributed by atoms with van der Waals surface area (Å²) in [5, 5.41) is 3.73. The van der Waals surface area contributed by atoms with Crippen LogP contribution in [0.15, 0.2) is 5.16 Å². The fourth-order valence-electron chi connectivity index (χ4n) is 0.615. The third-order valence-electron chi connectivity index (χ3n) is 1.05. The second-order valence-corrected chi connectivity index (χ2v) is 2.00. The molecular weight excluding hydrogens is 126 g/mol. The number of hydrogen-bond acceptors (Lipinski definition) is 2. The van der Waals surface area contributed by atoms with E-state index in [1.54, 1.807) is 0 Å². The number of hydrogen-bond donors (Lipinski definition) is 0. The molecule has 46 valence electrons. The summed E-state index contributed by atoms with van der Waals surface area (Å²) < 4.78 is 0. The molecule has 0 amide bonds. The highest BCUT2D eigenvalue weighted by molar-refractivity contribution is 6.28. The molecule has 0 saturated heterocycles. The number of rotatable bonds is 1. The normalized spacial score (nSPS) is 19.4. The standard InChI is InChI=1S/C5H8ClNO/c6-4-5-2-1-3-8-7-5/h1-4H2. The van der Waals surface area contributed by atoms with E-state index in [1.807, 2.05) is 0 Å². The van der Waals surface area contributed by atoms with Crippen molar-refractivity contribution in [1.29, 1.82) is 0 Å². The van der Waals surface area contributed by atoms with Crippen molar-refractivity contribution in [2.45, 2.75) is 12.8 Å². The van der Waals surface area contributed by atoms with Crippen molar-refractivity contribution >= 4 is 17.3 Å². The van der Waals surface area contributed by atoms with Crippen LogP contribution in [0.2, 0.25) is 0 Å². The van der Waals surface area contributed by atoms with Crippen LogP contribution < -0.4 is 0 Å². The Kier molecular flexibility index (Phi) is 2.15. The molecule has 0 aromatic heterocycles. The highest BCUT2D eigenvalue weighted by atomic mass is 35.5. The Hall–Kier alpha value is -0.240. The minimum absolute atomic E-state index is 0.514. The fourth-order valence-corrected chi connectivity index (χ4v) is 0.797. The maximum atomic E-state index is 5.47. The maximum absolute atomic E-state index is 5.47. The van der Waals surface area contributed by atoms with Crippen LogP contribution in [0.1, 0.15) is 12.8 Å². The van der Waals surface area contributed by atoms with Crippen molar-refractivity contribution in [2.24, 2.45) is 5.16 Å². The average Bonchev–Trinajstić information content (AvgIpc) is 1.90. The van der Waals surface area contributed by atoms with Crippen molar-refractivity contribution in [3.63, 3.8) is 0 Å². The van der Waals surface area contributed by atoms with Gasteiger partial charge in [-0.2, -0.15) is 0 Å². The van der Waals surface area contributed by atoms with E-state index in [4.69, 9.17) is 16.4 Å². The topological polar surface area (TPSA) is 21.6 Å². The molecule has 0 aliphatic carbocycles. The van der Waals surface area contributed by atoms with Crippen molar-refractivity contribution < 1.29 is 4.84 Å². The largest absolute Gasteiger partial charge is 0.396 e. The lowest BCUT2D eigenvalue weighted by molar-refractivity contribution is 0.131. The molecule has 1 aliphatic heterocycles. The third-order valence-corrected chi connectivity index (χ3v) is 1.36. The van der Waals surface area contributed by atoms with Gasteiger partial charge < -0.3 is 4.84 Å². The Balaban J connectivity index is 2.37. The van der Waals surface area contributed by atoms with Gasteiger partial charge in [0.1, 0.15) is 6.61 Å². The summed E-state index contributed by atoms with van der Waals surface area (Å²) in [6.07, 6.45) is 2.06. The lowest BCUT2D eigenvalue weighted by Gasteiger charge is -2.07. The van der Waals surface area contributed by atoms with E-state index in [2.05, 4.69) is 5.16 Å². The van der Waals surface area contributed by atoms with Crippen LogP contribution in [0.5, 0.6) is 0 Å². The van der Waals surface area contributed by atoms with Gasteiger partial charge in [0.25, 0.3) is 0 Å². The van der Waals surface area contributed by atoms with Gasteiger partial charge in [0.2, 0.25) is 0 Å². The molecule has 0 saturated carbocycles. The average molecular weight is 134 g/mol. The van der Waals surface area contributed by atoms with Crippen LogP contribution in [0, 0.1) is 0 Å². The molecule has 1 rings (SSSR count). The number of nitrogens with zero attached hydrogens (tertiary/aromatic N) is 1. The van der Waals surface area contributed by atoms with E-state index in [9.17, 15) is 0 Å². The molecule has 0 bridgehead atoms. The summed E-state index contributed by atoms with van der Waals surface area (Å²) >= 11 is 5.47. The molecule has 0 atom stereocenters. The second-order valence-electron chi connectivity index (χ2n) is 1.73. The van der Waals surface area contributed by atoms with Crippen LogP contribution in [-0.4, -0.2) is 18.2 Å². The molecule has 8 heavy (non-hydrogen) atoms. The first kappa shape index (κ1) is 5.89. The Morgan fingerprint density at radius 3 is 3.00 bits per heavy atom. The first-order valence-corrected chi connectivity index (χ1v) is 3.20. The smallest absolute Gasteiger partial charge is 0.117 e. The molecule has 0 spiro atoms. The molecule has 0 aromatic carbocycles. The lowest BCUT2D eigenvalue weighted by Crippen LogP contribution is -2.08. The molecule has 2 nitrogen and oxygen atoms in total. The summed E-state index contributed by atoms with van der Waals surface area (Å²) in [5.74, 6) is 0.514. The lowest BCUT2D eigenvalue weighted by atomic mass is 10.2. The van der Waals surface area contributed by atoms with Gasteiger partial charge in [0.15, 0.2) is 0 Å². The second kappa shape index (κ2) is 2.92. The summed E-state index contributed by atoms with van der Waals surface area (Å²) in [7, 11) is 0. The molecule has 0 aromatic rings. The minimum Gasteiger partial charge on any atom is -0.396 e. The van der Waals surface area contributed by atoms with Crippen molar-refractivity contribution in [2.75, 3.05) is 12.5 Å². The molecule has 0 fully saturated rings. The van der Waals surface area contributed by atoms with Gasteiger partial charge in [-0.25, -0.2) is 0 Å². The van der Waals surface area contributed by atoms with Crippen LogP contribution in [0.25, 0.3) is 0 Å². The molecule has 0 radical (unpaired) electrons. The molecule has 0 N–H and O–H groups in total. The van der Waals surface area contributed by atoms with Gasteiger partial charge in [-0.15, -0.1) is 11.6 Å². The predicted octanol–water partition coefficient (Wildman–Crippen LogP) is 1.39. The Bertz CT molecular complexity index is 103. The van der Waals surface area contributed by atoms with Crippen molar-refractivity contribution in [3.8, 4) is 0 Å². The van der Waals surface area contributed by atoms with Gasteiger partial charge in [-0.3, -0.25) is 0 Å². The summed E-state index contributed by atoms with van der Waals surface area (Å²) in [6.45, 7) is 0.750. The van der Waals surface area contributed by atoms with Gasteiger partial charge in [0, 0.05) is 0 Å². The van der Waals surface area contributed by atoms with Crippen LogP contribution in [0.3, 0.4) is 0 Å². The zero-order chi connectivity index (χ0) is 5.82. The number of alkyl halides is 1. The summed E-state index contributed by atoms with van der Waals surface area (Å²) in [5.41, 5.74) is 0.970. The summed E-state index contributed by atoms with van der Waals surface area (Å²) in [6, 6.07) is 0. The Labute approximate surface area is 53.5 Å². The zero-order valence-corrected chi connectivity index (χ0v) is 5.32. The SMILES string of the molecule is ClCC1=NOCCC1. The Morgan fingerprint density at radius 2 is 2.62 bits per heavy atom. The Morgan fingerprint density at radius 1 is 1.75 bits per heavy atom.